The monoisotopic (exact) mass is 191 g/mol. The highest BCUT2D eigenvalue weighted by Crippen LogP contribution is 2.39. The van der Waals surface area contributed by atoms with Crippen molar-refractivity contribution in [2.75, 3.05) is 0 Å². The molecule has 2 rings (SSSR count). The Labute approximate surface area is 84.7 Å². The van der Waals surface area contributed by atoms with E-state index in [0.29, 0.717) is 5.75 Å². The smallest absolute Gasteiger partial charge is 0.122 e. The lowest BCUT2D eigenvalue weighted by Gasteiger charge is -2.14. The Morgan fingerprint density at radius 3 is 2.43 bits per heavy atom. The predicted octanol–water partition coefficient (Wildman–Crippen LogP) is 2.04. The Kier molecular flexibility index (Phi) is 2.04. The van der Waals surface area contributed by atoms with Gasteiger partial charge in [0.1, 0.15) is 5.75 Å². The summed E-state index contributed by atoms with van der Waals surface area (Å²) in [6.07, 6.45) is 2.98. The molecule has 2 nitrogen and oxygen atoms in total. The summed E-state index contributed by atoms with van der Waals surface area (Å²) in [5, 5.41) is 9.91. The number of aromatic hydroxyl groups is 1. The van der Waals surface area contributed by atoms with E-state index in [1.807, 2.05) is 19.9 Å². The maximum Gasteiger partial charge on any atom is 0.122 e. The Morgan fingerprint density at radius 2 is 1.86 bits per heavy atom. The van der Waals surface area contributed by atoms with Crippen LogP contribution in [0.2, 0.25) is 0 Å². The van der Waals surface area contributed by atoms with Gasteiger partial charge in [-0.1, -0.05) is 12.1 Å². The van der Waals surface area contributed by atoms with E-state index in [-0.39, 0.29) is 5.54 Å². The summed E-state index contributed by atoms with van der Waals surface area (Å²) in [5.41, 5.74) is 9.14. The van der Waals surface area contributed by atoms with Crippen LogP contribution in [0.1, 0.15) is 29.5 Å². The van der Waals surface area contributed by atoms with Gasteiger partial charge in [0.05, 0.1) is 0 Å². The fourth-order valence-corrected chi connectivity index (χ4v) is 1.77. The van der Waals surface area contributed by atoms with Crippen LogP contribution >= 0.6 is 0 Å². The minimum Gasteiger partial charge on any atom is -0.507 e. The summed E-state index contributed by atoms with van der Waals surface area (Å²) < 4.78 is 0. The van der Waals surface area contributed by atoms with E-state index in [1.165, 1.54) is 0 Å². The highest BCUT2D eigenvalue weighted by Gasteiger charge is 2.39. The van der Waals surface area contributed by atoms with Gasteiger partial charge in [-0.2, -0.15) is 0 Å². The second-order valence-corrected chi connectivity index (χ2v) is 4.57. The highest BCUT2D eigenvalue weighted by molar-refractivity contribution is 5.45. The van der Waals surface area contributed by atoms with Crippen LogP contribution in [0.15, 0.2) is 12.1 Å². The molecule has 1 aromatic carbocycles. The summed E-state index contributed by atoms with van der Waals surface area (Å²) in [4.78, 5) is 0. The van der Waals surface area contributed by atoms with Crippen molar-refractivity contribution >= 4 is 0 Å². The zero-order chi connectivity index (χ0) is 10.3. The minimum absolute atomic E-state index is 0.0317. The fraction of sp³-hybridized carbons (Fsp3) is 0.500. The Bertz CT molecular complexity index is 367. The SMILES string of the molecule is Cc1ccc(C)c(CC2(N)CC2)c1O. The van der Waals surface area contributed by atoms with Crippen LogP contribution in [-0.2, 0) is 6.42 Å². The van der Waals surface area contributed by atoms with Gasteiger partial charge in [0.2, 0.25) is 0 Å². The molecule has 0 radical (unpaired) electrons. The molecule has 76 valence electrons. The maximum absolute atomic E-state index is 9.91. The molecule has 0 saturated heterocycles. The van der Waals surface area contributed by atoms with Gasteiger partial charge < -0.3 is 10.8 Å². The van der Waals surface area contributed by atoms with Crippen molar-refractivity contribution in [2.24, 2.45) is 5.73 Å². The lowest BCUT2D eigenvalue weighted by atomic mass is 9.97. The van der Waals surface area contributed by atoms with E-state index in [9.17, 15) is 5.11 Å². The molecule has 0 heterocycles. The zero-order valence-electron chi connectivity index (χ0n) is 8.80. The van der Waals surface area contributed by atoms with E-state index in [2.05, 4.69) is 6.07 Å². The number of aryl methyl sites for hydroxylation is 2. The van der Waals surface area contributed by atoms with Crippen molar-refractivity contribution in [1.29, 1.82) is 0 Å². The average molecular weight is 191 g/mol. The molecule has 0 aromatic heterocycles. The molecule has 0 atom stereocenters. The summed E-state index contributed by atoms with van der Waals surface area (Å²) in [6.45, 7) is 3.95. The standard InChI is InChI=1S/C12H17NO/c1-8-3-4-9(2)11(14)10(8)7-12(13)5-6-12/h3-4,14H,5-7,13H2,1-2H3. The molecule has 1 aromatic rings. The van der Waals surface area contributed by atoms with E-state index in [4.69, 9.17) is 5.73 Å². The molecule has 14 heavy (non-hydrogen) atoms. The normalized spacial score (nSPS) is 18.2. The van der Waals surface area contributed by atoms with Crippen LogP contribution in [0.25, 0.3) is 0 Å². The summed E-state index contributed by atoms with van der Waals surface area (Å²) >= 11 is 0. The van der Waals surface area contributed by atoms with Crippen molar-refractivity contribution in [3.8, 4) is 5.75 Å². The van der Waals surface area contributed by atoms with E-state index in [1.54, 1.807) is 0 Å². The molecular weight excluding hydrogens is 174 g/mol. The second-order valence-electron chi connectivity index (χ2n) is 4.57. The van der Waals surface area contributed by atoms with Crippen molar-refractivity contribution in [3.63, 3.8) is 0 Å². The lowest BCUT2D eigenvalue weighted by molar-refractivity contribution is 0.458. The van der Waals surface area contributed by atoms with Gasteiger partial charge in [-0.05, 0) is 49.8 Å². The molecule has 1 aliphatic rings. The summed E-state index contributed by atoms with van der Waals surface area (Å²) in [6, 6.07) is 4.00. The average Bonchev–Trinajstić information content (AvgIpc) is 2.86. The molecule has 0 bridgehead atoms. The van der Waals surface area contributed by atoms with Crippen LogP contribution in [0, 0.1) is 13.8 Å². The fourth-order valence-electron chi connectivity index (χ4n) is 1.77. The first-order chi connectivity index (χ1) is 6.52. The molecule has 2 heteroatoms. The van der Waals surface area contributed by atoms with E-state index < -0.39 is 0 Å². The van der Waals surface area contributed by atoms with Crippen LogP contribution in [0.4, 0.5) is 0 Å². The van der Waals surface area contributed by atoms with Gasteiger partial charge in [-0.15, -0.1) is 0 Å². The summed E-state index contributed by atoms with van der Waals surface area (Å²) in [5.74, 6) is 0.432. The van der Waals surface area contributed by atoms with Crippen molar-refractivity contribution in [1.82, 2.24) is 0 Å². The number of nitrogens with two attached hydrogens (primary N) is 1. The number of benzene rings is 1. The van der Waals surface area contributed by atoms with Gasteiger partial charge >= 0.3 is 0 Å². The molecule has 1 fully saturated rings. The lowest BCUT2D eigenvalue weighted by Crippen LogP contribution is -2.25. The van der Waals surface area contributed by atoms with Gasteiger partial charge in [0.15, 0.2) is 0 Å². The number of rotatable bonds is 2. The van der Waals surface area contributed by atoms with E-state index in [0.717, 1.165) is 36.0 Å². The molecular formula is C12H17NO. The van der Waals surface area contributed by atoms with E-state index >= 15 is 0 Å². The zero-order valence-corrected chi connectivity index (χ0v) is 8.80. The van der Waals surface area contributed by atoms with Crippen LogP contribution in [0.3, 0.4) is 0 Å². The molecule has 0 aliphatic heterocycles. The molecule has 0 unspecified atom stereocenters. The molecule has 1 saturated carbocycles. The van der Waals surface area contributed by atoms with Crippen LogP contribution < -0.4 is 5.73 Å². The summed E-state index contributed by atoms with van der Waals surface area (Å²) in [7, 11) is 0. The molecule has 3 N–H and O–H groups in total. The number of phenols is 1. The Morgan fingerprint density at radius 1 is 1.29 bits per heavy atom. The third kappa shape index (κ3) is 1.62. The predicted molar refractivity (Wildman–Crippen MR) is 57.4 cm³/mol. The molecule has 0 amide bonds. The largest absolute Gasteiger partial charge is 0.507 e. The first kappa shape index (κ1) is 9.53. The van der Waals surface area contributed by atoms with Gasteiger partial charge in [0.25, 0.3) is 0 Å². The van der Waals surface area contributed by atoms with Crippen molar-refractivity contribution < 1.29 is 5.11 Å². The Balaban J connectivity index is 2.35. The van der Waals surface area contributed by atoms with Crippen molar-refractivity contribution in [3.05, 3.63) is 28.8 Å². The highest BCUT2D eigenvalue weighted by atomic mass is 16.3. The first-order valence-corrected chi connectivity index (χ1v) is 5.09. The molecule has 1 aliphatic carbocycles. The third-order valence-corrected chi connectivity index (χ3v) is 3.14. The topological polar surface area (TPSA) is 46.2 Å². The number of phenolic OH excluding ortho intramolecular Hbond substituents is 1. The quantitative estimate of drug-likeness (QED) is 0.751. The van der Waals surface area contributed by atoms with Gasteiger partial charge in [-0.3, -0.25) is 0 Å². The van der Waals surface area contributed by atoms with Crippen molar-refractivity contribution in [2.45, 2.75) is 38.6 Å². The van der Waals surface area contributed by atoms with Gasteiger partial charge in [-0.25, -0.2) is 0 Å². The number of hydrogen-bond donors (Lipinski definition) is 2. The van der Waals surface area contributed by atoms with Gasteiger partial charge in [0, 0.05) is 5.54 Å². The molecule has 0 spiro atoms. The van der Waals surface area contributed by atoms with Crippen LogP contribution in [-0.4, -0.2) is 10.6 Å². The minimum atomic E-state index is -0.0317. The second kappa shape index (κ2) is 2.99. The third-order valence-electron chi connectivity index (χ3n) is 3.14. The van der Waals surface area contributed by atoms with Crippen LogP contribution in [0.5, 0.6) is 5.75 Å². The first-order valence-electron chi connectivity index (χ1n) is 5.09. The number of hydrogen-bond acceptors (Lipinski definition) is 2. The Hall–Kier alpha value is -1.02. The maximum atomic E-state index is 9.91.